The highest BCUT2D eigenvalue weighted by atomic mass is 19.3. The summed E-state index contributed by atoms with van der Waals surface area (Å²) in [6, 6.07) is 11.5. The first-order chi connectivity index (χ1) is 13.4. The zero-order valence-corrected chi connectivity index (χ0v) is 15.8. The highest BCUT2D eigenvalue weighted by Gasteiger charge is 2.27. The molecule has 148 valence electrons. The molecule has 0 radical (unpaired) electrons. The van der Waals surface area contributed by atoms with Crippen molar-refractivity contribution in [1.29, 1.82) is 0 Å². The van der Waals surface area contributed by atoms with Crippen LogP contribution in [-0.4, -0.2) is 54.4 Å². The first-order valence-corrected chi connectivity index (χ1v) is 9.06. The summed E-state index contributed by atoms with van der Waals surface area (Å²) in [5.74, 6) is -0.595. The Hall–Kier alpha value is -2.96. The lowest BCUT2D eigenvalue weighted by molar-refractivity contribution is -0.0503. The van der Waals surface area contributed by atoms with Crippen molar-refractivity contribution in [3.05, 3.63) is 64.7 Å². The lowest BCUT2D eigenvalue weighted by Gasteiger charge is -2.35. The van der Waals surface area contributed by atoms with Gasteiger partial charge >= 0.3 is 6.61 Å². The Morgan fingerprint density at radius 2 is 1.50 bits per heavy atom. The molecule has 1 fully saturated rings. The zero-order chi connectivity index (χ0) is 20.3. The number of aryl methyl sites for hydroxylation is 2. The summed E-state index contributed by atoms with van der Waals surface area (Å²) >= 11 is 0. The molecule has 1 heterocycles. The number of benzene rings is 2. The van der Waals surface area contributed by atoms with Gasteiger partial charge in [-0.2, -0.15) is 8.78 Å². The Kier molecular flexibility index (Phi) is 5.92. The maximum absolute atomic E-state index is 12.7. The van der Waals surface area contributed by atoms with Crippen LogP contribution in [0.1, 0.15) is 31.8 Å². The summed E-state index contributed by atoms with van der Waals surface area (Å²) in [7, 11) is 0. The third kappa shape index (κ3) is 4.30. The number of nitrogens with zero attached hydrogens (tertiary/aromatic N) is 2. The summed E-state index contributed by atoms with van der Waals surface area (Å²) in [5, 5.41) is 0. The molecule has 2 aromatic carbocycles. The lowest BCUT2D eigenvalue weighted by atomic mass is 10.1. The van der Waals surface area contributed by atoms with E-state index in [1.165, 1.54) is 18.2 Å². The smallest absolute Gasteiger partial charge is 0.387 e. The van der Waals surface area contributed by atoms with Crippen molar-refractivity contribution in [3.63, 3.8) is 0 Å². The van der Waals surface area contributed by atoms with E-state index in [0.29, 0.717) is 31.7 Å². The van der Waals surface area contributed by atoms with E-state index in [1.807, 2.05) is 26.0 Å². The van der Waals surface area contributed by atoms with E-state index in [2.05, 4.69) is 4.74 Å². The van der Waals surface area contributed by atoms with Crippen molar-refractivity contribution in [2.24, 2.45) is 0 Å². The van der Waals surface area contributed by atoms with Crippen molar-refractivity contribution >= 4 is 11.8 Å². The fraction of sp³-hybridized carbons (Fsp3) is 0.333. The minimum absolute atomic E-state index is 0.0726. The maximum Gasteiger partial charge on any atom is 0.387 e. The van der Waals surface area contributed by atoms with Crippen molar-refractivity contribution in [2.75, 3.05) is 26.2 Å². The number of rotatable bonds is 4. The monoisotopic (exact) mass is 388 g/mol. The molecular formula is C21H22F2N2O3. The number of halogens is 2. The molecule has 7 heteroatoms. The van der Waals surface area contributed by atoms with E-state index < -0.39 is 6.61 Å². The molecule has 3 rings (SSSR count). The van der Waals surface area contributed by atoms with Crippen LogP contribution < -0.4 is 4.74 Å². The van der Waals surface area contributed by atoms with Crippen LogP contribution in [0.4, 0.5) is 8.78 Å². The molecule has 1 aliphatic heterocycles. The molecule has 0 spiro atoms. The van der Waals surface area contributed by atoms with Gasteiger partial charge in [0.25, 0.3) is 11.8 Å². The van der Waals surface area contributed by atoms with Gasteiger partial charge in [0.15, 0.2) is 0 Å². The van der Waals surface area contributed by atoms with Gasteiger partial charge in [-0.25, -0.2) is 0 Å². The second kappa shape index (κ2) is 8.37. The number of hydrogen-bond acceptors (Lipinski definition) is 3. The van der Waals surface area contributed by atoms with Crippen LogP contribution in [0.3, 0.4) is 0 Å². The van der Waals surface area contributed by atoms with Gasteiger partial charge in [-0.05, 0) is 49.2 Å². The van der Waals surface area contributed by atoms with Crippen LogP contribution >= 0.6 is 0 Å². The van der Waals surface area contributed by atoms with Crippen molar-refractivity contribution in [3.8, 4) is 5.75 Å². The van der Waals surface area contributed by atoms with Crippen molar-refractivity contribution in [1.82, 2.24) is 9.80 Å². The van der Waals surface area contributed by atoms with E-state index in [4.69, 9.17) is 0 Å². The molecule has 5 nitrogen and oxygen atoms in total. The molecule has 2 amide bonds. The molecule has 2 aromatic rings. The molecular weight excluding hydrogens is 366 g/mol. The fourth-order valence-corrected chi connectivity index (χ4v) is 3.18. The van der Waals surface area contributed by atoms with Crippen LogP contribution in [-0.2, 0) is 0 Å². The first-order valence-electron chi connectivity index (χ1n) is 9.06. The second-order valence-electron chi connectivity index (χ2n) is 6.76. The summed E-state index contributed by atoms with van der Waals surface area (Å²) in [6.07, 6.45) is 0. The minimum atomic E-state index is -3.00. The molecule has 0 bridgehead atoms. The van der Waals surface area contributed by atoms with Crippen LogP contribution in [0.15, 0.2) is 42.5 Å². The molecule has 28 heavy (non-hydrogen) atoms. The number of carbonyl (C=O) groups excluding carboxylic acids is 2. The molecule has 1 aliphatic rings. The zero-order valence-electron chi connectivity index (χ0n) is 15.8. The number of amides is 2. The number of piperazine rings is 1. The van der Waals surface area contributed by atoms with Crippen LogP contribution in [0.25, 0.3) is 0 Å². The Labute approximate surface area is 162 Å². The molecule has 0 unspecified atom stereocenters. The summed E-state index contributed by atoms with van der Waals surface area (Å²) < 4.78 is 29.6. The topological polar surface area (TPSA) is 49.9 Å². The SMILES string of the molecule is Cc1ccc(C(=O)N2CCN(C(=O)c3ccccc3OC(F)F)CC2)cc1C. The molecule has 0 saturated carbocycles. The number of carbonyl (C=O) groups is 2. The number of ether oxygens (including phenoxy) is 1. The Morgan fingerprint density at radius 3 is 2.11 bits per heavy atom. The van der Waals surface area contributed by atoms with Gasteiger partial charge in [0.2, 0.25) is 0 Å². The third-order valence-corrected chi connectivity index (χ3v) is 4.94. The quantitative estimate of drug-likeness (QED) is 0.806. The number of hydrogen-bond donors (Lipinski definition) is 0. The van der Waals surface area contributed by atoms with Gasteiger partial charge < -0.3 is 14.5 Å². The summed E-state index contributed by atoms with van der Waals surface area (Å²) in [6.45, 7) is 2.38. The standard InChI is InChI=1S/C21H22F2N2O3/c1-14-7-8-16(13-15(14)2)19(26)24-9-11-25(12-10-24)20(27)17-5-3-4-6-18(17)28-21(22)23/h3-8,13,21H,9-12H2,1-2H3. The van der Waals surface area contributed by atoms with E-state index in [0.717, 1.165) is 11.1 Å². The van der Waals surface area contributed by atoms with Gasteiger partial charge in [0.1, 0.15) is 5.75 Å². The summed E-state index contributed by atoms with van der Waals surface area (Å²) in [5.41, 5.74) is 2.89. The molecule has 1 saturated heterocycles. The van der Waals surface area contributed by atoms with Crippen LogP contribution in [0.2, 0.25) is 0 Å². The predicted octanol–water partition coefficient (Wildman–Crippen LogP) is 3.50. The Balaban J connectivity index is 1.66. The number of alkyl halides is 2. The predicted molar refractivity (Wildman–Crippen MR) is 101 cm³/mol. The maximum atomic E-state index is 12.7. The average Bonchev–Trinajstić information content (AvgIpc) is 2.69. The third-order valence-electron chi connectivity index (χ3n) is 4.94. The molecule has 0 aliphatic carbocycles. The normalized spacial score (nSPS) is 14.3. The lowest BCUT2D eigenvalue weighted by Crippen LogP contribution is -2.50. The molecule has 0 N–H and O–H groups in total. The van der Waals surface area contributed by atoms with Gasteiger partial charge in [0, 0.05) is 31.7 Å². The minimum Gasteiger partial charge on any atom is -0.434 e. The van der Waals surface area contributed by atoms with E-state index >= 15 is 0 Å². The van der Waals surface area contributed by atoms with Crippen molar-refractivity contribution in [2.45, 2.75) is 20.5 Å². The van der Waals surface area contributed by atoms with Crippen LogP contribution in [0, 0.1) is 13.8 Å². The molecule has 0 atom stereocenters. The first kappa shape index (κ1) is 19.8. The fourth-order valence-electron chi connectivity index (χ4n) is 3.18. The van der Waals surface area contributed by atoms with E-state index in [1.54, 1.807) is 21.9 Å². The highest BCUT2D eigenvalue weighted by Crippen LogP contribution is 2.23. The number of para-hydroxylation sites is 1. The average molecular weight is 388 g/mol. The summed E-state index contributed by atoms with van der Waals surface area (Å²) in [4.78, 5) is 28.7. The van der Waals surface area contributed by atoms with E-state index in [-0.39, 0.29) is 23.1 Å². The largest absolute Gasteiger partial charge is 0.434 e. The van der Waals surface area contributed by atoms with Gasteiger partial charge in [-0.15, -0.1) is 0 Å². The van der Waals surface area contributed by atoms with Gasteiger partial charge in [-0.1, -0.05) is 18.2 Å². The molecule has 0 aromatic heterocycles. The van der Waals surface area contributed by atoms with Crippen LogP contribution in [0.5, 0.6) is 5.75 Å². The Bertz CT molecular complexity index is 878. The van der Waals surface area contributed by atoms with Gasteiger partial charge in [-0.3, -0.25) is 9.59 Å². The van der Waals surface area contributed by atoms with E-state index in [9.17, 15) is 18.4 Å². The highest BCUT2D eigenvalue weighted by molar-refractivity contribution is 5.97. The second-order valence-corrected chi connectivity index (χ2v) is 6.76. The Morgan fingerprint density at radius 1 is 0.893 bits per heavy atom. The van der Waals surface area contributed by atoms with Gasteiger partial charge in [0.05, 0.1) is 5.56 Å². The van der Waals surface area contributed by atoms with Crippen molar-refractivity contribution < 1.29 is 23.1 Å².